The molecule has 102 valence electrons. The number of fused-ring (bicyclic) bond motifs is 1. The van der Waals surface area contributed by atoms with Gasteiger partial charge in [0, 0.05) is 18.0 Å². The monoisotopic (exact) mass is 296 g/mol. The van der Waals surface area contributed by atoms with Gasteiger partial charge < -0.3 is 4.40 Å². The number of rotatable bonds is 1. The fourth-order valence-electron chi connectivity index (χ4n) is 1.93. The van der Waals surface area contributed by atoms with Gasteiger partial charge in [-0.1, -0.05) is 23.7 Å². The first-order valence-electron chi connectivity index (χ1n) is 5.75. The van der Waals surface area contributed by atoms with E-state index in [4.69, 9.17) is 11.6 Å². The number of hydrogen-bond donors (Lipinski definition) is 0. The van der Waals surface area contributed by atoms with Gasteiger partial charge in [-0.05, 0) is 24.3 Å². The van der Waals surface area contributed by atoms with Crippen molar-refractivity contribution in [1.29, 1.82) is 0 Å². The fraction of sp³-hybridized carbons (Fsp3) is 0.0714. The molecule has 0 aliphatic rings. The number of nitrogens with zero attached hydrogens (tertiary/aromatic N) is 2. The van der Waals surface area contributed by atoms with Crippen molar-refractivity contribution in [3.05, 3.63) is 59.4 Å². The van der Waals surface area contributed by atoms with Crippen LogP contribution in [0.1, 0.15) is 5.56 Å². The van der Waals surface area contributed by atoms with Crippen LogP contribution in [-0.2, 0) is 6.18 Å². The van der Waals surface area contributed by atoms with Crippen LogP contribution in [0.25, 0.3) is 16.9 Å². The SMILES string of the molecule is FC(F)(F)c1ccc(-c2cn3cc(Cl)ccc3n2)cc1. The van der Waals surface area contributed by atoms with Crippen LogP contribution < -0.4 is 0 Å². The van der Waals surface area contributed by atoms with Crippen LogP contribution in [0.2, 0.25) is 5.02 Å². The Bertz CT molecular complexity index is 760. The van der Waals surface area contributed by atoms with E-state index >= 15 is 0 Å². The standard InChI is InChI=1S/C14H8ClF3N2/c15-11-5-6-13-19-12(8-20(13)7-11)9-1-3-10(4-2-9)14(16,17)18/h1-8H. The Morgan fingerprint density at radius 3 is 2.30 bits per heavy atom. The maximum atomic E-state index is 12.5. The second-order valence-electron chi connectivity index (χ2n) is 4.31. The molecule has 3 rings (SSSR count). The van der Waals surface area contributed by atoms with E-state index in [1.54, 1.807) is 28.9 Å². The number of imidazole rings is 1. The minimum absolute atomic E-state index is 0.564. The van der Waals surface area contributed by atoms with Gasteiger partial charge in [-0.15, -0.1) is 0 Å². The molecule has 2 heterocycles. The van der Waals surface area contributed by atoms with Crippen LogP contribution in [-0.4, -0.2) is 9.38 Å². The Kier molecular flexibility index (Phi) is 2.94. The van der Waals surface area contributed by atoms with E-state index in [0.717, 1.165) is 12.1 Å². The van der Waals surface area contributed by atoms with E-state index in [9.17, 15) is 13.2 Å². The van der Waals surface area contributed by atoms with Crippen molar-refractivity contribution in [2.45, 2.75) is 6.18 Å². The summed E-state index contributed by atoms with van der Waals surface area (Å²) < 4.78 is 39.2. The lowest BCUT2D eigenvalue weighted by molar-refractivity contribution is -0.137. The quantitative estimate of drug-likeness (QED) is 0.637. The number of halogens is 4. The maximum Gasteiger partial charge on any atom is 0.416 e. The predicted octanol–water partition coefficient (Wildman–Crippen LogP) is 4.67. The zero-order valence-corrected chi connectivity index (χ0v) is 10.8. The van der Waals surface area contributed by atoms with Crippen LogP contribution in [0.5, 0.6) is 0 Å². The Balaban J connectivity index is 2.02. The van der Waals surface area contributed by atoms with Gasteiger partial charge in [-0.3, -0.25) is 0 Å². The van der Waals surface area contributed by atoms with Crippen LogP contribution >= 0.6 is 11.6 Å². The van der Waals surface area contributed by atoms with E-state index in [0.29, 0.717) is 21.9 Å². The smallest absolute Gasteiger partial charge is 0.305 e. The third-order valence-electron chi connectivity index (χ3n) is 2.92. The lowest BCUT2D eigenvalue weighted by Crippen LogP contribution is -2.03. The molecule has 0 saturated carbocycles. The lowest BCUT2D eigenvalue weighted by Gasteiger charge is -2.06. The Morgan fingerprint density at radius 2 is 1.65 bits per heavy atom. The van der Waals surface area contributed by atoms with E-state index in [2.05, 4.69) is 4.98 Å². The van der Waals surface area contributed by atoms with Crippen LogP contribution in [0.3, 0.4) is 0 Å². The van der Waals surface area contributed by atoms with Gasteiger partial charge in [-0.2, -0.15) is 13.2 Å². The molecular formula is C14H8ClF3N2. The van der Waals surface area contributed by atoms with E-state index in [1.807, 2.05) is 0 Å². The summed E-state index contributed by atoms with van der Waals surface area (Å²) in [5.41, 5.74) is 1.23. The molecule has 6 heteroatoms. The summed E-state index contributed by atoms with van der Waals surface area (Å²) in [6, 6.07) is 8.37. The molecule has 0 spiro atoms. The van der Waals surface area contributed by atoms with Crippen LogP contribution in [0.4, 0.5) is 13.2 Å². The average molecular weight is 297 g/mol. The molecule has 20 heavy (non-hydrogen) atoms. The van der Waals surface area contributed by atoms with Crippen molar-refractivity contribution in [3.63, 3.8) is 0 Å². The molecule has 0 N–H and O–H groups in total. The zero-order chi connectivity index (χ0) is 14.3. The molecule has 2 nitrogen and oxygen atoms in total. The van der Waals surface area contributed by atoms with Crippen molar-refractivity contribution < 1.29 is 13.2 Å². The molecule has 0 aliphatic heterocycles. The Morgan fingerprint density at radius 1 is 0.950 bits per heavy atom. The highest BCUT2D eigenvalue weighted by atomic mass is 35.5. The van der Waals surface area contributed by atoms with Gasteiger partial charge in [-0.25, -0.2) is 4.98 Å². The van der Waals surface area contributed by atoms with Crippen molar-refractivity contribution in [2.75, 3.05) is 0 Å². The maximum absolute atomic E-state index is 12.5. The highest BCUT2D eigenvalue weighted by molar-refractivity contribution is 6.30. The summed E-state index contributed by atoms with van der Waals surface area (Å²) in [4.78, 5) is 4.34. The minimum atomic E-state index is -4.33. The Hall–Kier alpha value is -2.01. The molecule has 0 aliphatic carbocycles. The molecule has 0 unspecified atom stereocenters. The van der Waals surface area contributed by atoms with E-state index < -0.39 is 11.7 Å². The minimum Gasteiger partial charge on any atom is -0.305 e. The van der Waals surface area contributed by atoms with Crippen molar-refractivity contribution in [2.24, 2.45) is 0 Å². The van der Waals surface area contributed by atoms with Crippen LogP contribution in [0, 0.1) is 0 Å². The molecule has 0 bridgehead atoms. The zero-order valence-electron chi connectivity index (χ0n) is 10.0. The number of pyridine rings is 1. The average Bonchev–Trinajstić information content (AvgIpc) is 2.80. The van der Waals surface area contributed by atoms with Gasteiger partial charge in [0.2, 0.25) is 0 Å². The van der Waals surface area contributed by atoms with E-state index in [1.165, 1.54) is 12.1 Å². The number of hydrogen-bond acceptors (Lipinski definition) is 1. The number of aromatic nitrogens is 2. The van der Waals surface area contributed by atoms with Gasteiger partial charge in [0.15, 0.2) is 0 Å². The molecule has 2 aromatic heterocycles. The van der Waals surface area contributed by atoms with Crippen molar-refractivity contribution >= 4 is 17.2 Å². The topological polar surface area (TPSA) is 17.3 Å². The van der Waals surface area contributed by atoms with Crippen molar-refractivity contribution in [1.82, 2.24) is 9.38 Å². The fourth-order valence-corrected chi connectivity index (χ4v) is 2.10. The number of alkyl halides is 3. The summed E-state index contributed by atoms with van der Waals surface area (Å²) >= 11 is 5.87. The summed E-state index contributed by atoms with van der Waals surface area (Å²) in [6.45, 7) is 0. The van der Waals surface area contributed by atoms with Crippen LogP contribution in [0.15, 0.2) is 48.8 Å². The third kappa shape index (κ3) is 2.36. The molecule has 0 fully saturated rings. The molecular weight excluding hydrogens is 289 g/mol. The predicted molar refractivity (Wildman–Crippen MR) is 70.6 cm³/mol. The van der Waals surface area contributed by atoms with Gasteiger partial charge in [0.05, 0.1) is 16.3 Å². The summed E-state index contributed by atoms with van der Waals surface area (Å²) in [6.07, 6.45) is -0.910. The highest BCUT2D eigenvalue weighted by Gasteiger charge is 2.30. The van der Waals surface area contributed by atoms with Gasteiger partial charge in [0.1, 0.15) is 5.65 Å². The normalized spacial score (nSPS) is 12.0. The Labute approximate surface area is 117 Å². The molecule has 0 amide bonds. The largest absolute Gasteiger partial charge is 0.416 e. The first-order valence-corrected chi connectivity index (χ1v) is 6.13. The summed E-state index contributed by atoms with van der Waals surface area (Å²) in [5, 5.41) is 0.564. The van der Waals surface area contributed by atoms with Crippen molar-refractivity contribution in [3.8, 4) is 11.3 Å². The lowest BCUT2D eigenvalue weighted by atomic mass is 10.1. The molecule has 3 aromatic rings. The first kappa shape index (κ1) is 13.0. The van der Waals surface area contributed by atoms with Gasteiger partial charge in [0.25, 0.3) is 0 Å². The second kappa shape index (κ2) is 4.52. The van der Waals surface area contributed by atoms with E-state index in [-0.39, 0.29) is 0 Å². The number of benzene rings is 1. The van der Waals surface area contributed by atoms with Gasteiger partial charge >= 0.3 is 6.18 Å². The first-order chi connectivity index (χ1) is 9.43. The summed E-state index contributed by atoms with van der Waals surface area (Å²) in [7, 11) is 0. The molecule has 1 aromatic carbocycles. The molecule has 0 radical (unpaired) electrons. The second-order valence-corrected chi connectivity index (χ2v) is 4.75. The summed E-state index contributed by atoms with van der Waals surface area (Å²) in [5.74, 6) is 0. The molecule has 0 saturated heterocycles. The highest BCUT2D eigenvalue weighted by Crippen LogP contribution is 2.30. The third-order valence-corrected chi connectivity index (χ3v) is 3.15. The molecule has 0 atom stereocenters.